The highest BCUT2D eigenvalue weighted by molar-refractivity contribution is 9.10. The second-order valence-electron chi connectivity index (χ2n) is 5.11. The summed E-state index contributed by atoms with van der Waals surface area (Å²) in [6, 6.07) is 0. The second-order valence-corrected chi connectivity index (χ2v) is 5.90. The van der Waals surface area contributed by atoms with Crippen molar-refractivity contribution in [1.29, 1.82) is 0 Å². The minimum atomic E-state index is 0.0388. The van der Waals surface area contributed by atoms with Crippen molar-refractivity contribution >= 4 is 27.6 Å². The first-order valence-electron chi connectivity index (χ1n) is 6.75. The molecule has 0 bridgehead atoms. The van der Waals surface area contributed by atoms with Gasteiger partial charge in [-0.15, -0.1) is 0 Å². The van der Waals surface area contributed by atoms with Crippen molar-refractivity contribution in [2.24, 2.45) is 0 Å². The number of rotatable bonds is 5. The van der Waals surface area contributed by atoms with E-state index in [1.54, 1.807) is 6.33 Å². The lowest BCUT2D eigenvalue weighted by atomic mass is 9.92. The van der Waals surface area contributed by atoms with Crippen molar-refractivity contribution in [3.8, 4) is 0 Å². The third-order valence-corrected chi connectivity index (χ3v) is 4.10. The Labute approximate surface area is 122 Å². The average molecular weight is 329 g/mol. The Bertz CT molecular complexity index is 421. The van der Waals surface area contributed by atoms with Crippen LogP contribution in [0.15, 0.2) is 10.8 Å². The number of ether oxygens (including phenoxy) is 1. The third kappa shape index (κ3) is 3.79. The molecule has 2 rings (SSSR count). The second kappa shape index (κ2) is 6.52. The summed E-state index contributed by atoms with van der Waals surface area (Å²) in [6.45, 7) is 6.84. The molecule has 5 nitrogen and oxygen atoms in total. The molecule has 0 radical (unpaired) electrons. The lowest BCUT2D eigenvalue weighted by Gasteiger charge is -2.35. The molecule has 106 valence electrons. The van der Waals surface area contributed by atoms with E-state index in [2.05, 4.69) is 50.4 Å². The molecule has 1 aromatic heterocycles. The van der Waals surface area contributed by atoms with Crippen LogP contribution in [0.1, 0.15) is 33.1 Å². The van der Waals surface area contributed by atoms with E-state index < -0.39 is 0 Å². The van der Waals surface area contributed by atoms with E-state index in [4.69, 9.17) is 4.74 Å². The first-order chi connectivity index (χ1) is 9.14. The summed E-state index contributed by atoms with van der Waals surface area (Å²) >= 11 is 3.58. The van der Waals surface area contributed by atoms with Crippen LogP contribution in [0.2, 0.25) is 0 Å². The predicted molar refractivity (Wildman–Crippen MR) is 80.6 cm³/mol. The SMILES string of the molecule is CCCNc1ncnc(NC2(C)CCOCC2)c1Br. The molecule has 1 fully saturated rings. The summed E-state index contributed by atoms with van der Waals surface area (Å²) in [4.78, 5) is 8.59. The van der Waals surface area contributed by atoms with Gasteiger partial charge in [-0.2, -0.15) is 0 Å². The van der Waals surface area contributed by atoms with Crippen LogP contribution < -0.4 is 10.6 Å². The first kappa shape index (κ1) is 14.5. The zero-order valence-electron chi connectivity index (χ0n) is 11.5. The molecule has 0 unspecified atom stereocenters. The van der Waals surface area contributed by atoms with Gasteiger partial charge in [-0.05, 0) is 42.1 Å². The number of aromatic nitrogens is 2. The summed E-state index contributed by atoms with van der Waals surface area (Å²) < 4.78 is 6.31. The number of anilines is 2. The quantitative estimate of drug-likeness (QED) is 0.869. The summed E-state index contributed by atoms with van der Waals surface area (Å²) in [5.74, 6) is 1.69. The maximum absolute atomic E-state index is 5.41. The Morgan fingerprint density at radius 3 is 2.68 bits per heavy atom. The van der Waals surface area contributed by atoms with Gasteiger partial charge in [0.2, 0.25) is 0 Å². The van der Waals surface area contributed by atoms with Crippen LogP contribution in [0.3, 0.4) is 0 Å². The number of nitrogens with zero attached hydrogens (tertiary/aromatic N) is 2. The summed E-state index contributed by atoms with van der Waals surface area (Å²) in [5, 5.41) is 6.81. The Morgan fingerprint density at radius 1 is 1.32 bits per heavy atom. The smallest absolute Gasteiger partial charge is 0.146 e. The van der Waals surface area contributed by atoms with E-state index in [9.17, 15) is 0 Å². The van der Waals surface area contributed by atoms with Gasteiger partial charge in [0.1, 0.15) is 22.4 Å². The fourth-order valence-electron chi connectivity index (χ4n) is 2.06. The van der Waals surface area contributed by atoms with E-state index >= 15 is 0 Å². The maximum Gasteiger partial charge on any atom is 0.146 e. The largest absolute Gasteiger partial charge is 0.381 e. The number of hydrogen-bond donors (Lipinski definition) is 2. The molecule has 1 aliphatic heterocycles. The van der Waals surface area contributed by atoms with Gasteiger partial charge in [0.05, 0.1) is 0 Å². The highest BCUT2D eigenvalue weighted by Crippen LogP contribution is 2.31. The van der Waals surface area contributed by atoms with Crippen molar-refractivity contribution in [3.05, 3.63) is 10.8 Å². The fourth-order valence-corrected chi connectivity index (χ4v) is 2.50. The molecule has 19 heavy (non-hydrogen) atoms. The van der Waals surface area contributed by atoms with Crippen molar-refractivity contribution in [2.75, 3.05) is 30.4 Å². The zero-order valence-corrected chi connectivity index (χ0v) is 13.1. The molecule has 6 heteroatoms. The molecule has 1 aromatic rings. The molecule has 1 saturated heterocycles. The van der Waals surface area contributed by atoms with Gasteiger partial charge in [0, 0.05) is 25.3 Å². The molecule has 0 spiro atoms. The molecular weight excluding hydrogens is 308 g/mol. The molecule has 2 N–H and O–H groups in total. The summed E-state index contributed by atoms with van der Waals surface area (Å²) in [7, 11) is 0. The van der Waals surface area contributed by atoms with Crippen LogP contribution in [0, 0.1) is 0 Å². The molecule has 0 aromatic carbocycles. The van der Waals surface area contributed by atoms with Gasteiger partial charge in [0.25, 0.3) is 0 Å². The number of hydrogen-bond acceptors (Lipinski definition) is 5. The number of nitrogens with one attached hydrogen (secondary N) is 2. The Hall–Kier alpha value is -0.880. The van der Waals surface area contributed by atoms with Crippen LogP contribution in [0.4, 0.5) is 11.6 Å². The van der Waals surface area contributed by atoms with E-state index in [-0.39, 0.29) is 5.54 Å². The normalized spacial score (nSPS) is 18.1. The van der Waals surface area contributed by atoms with Gasteiger partial charge in [-0.3, -0.25) is 0 Å². The zero-order chi connectivity index (χ0) is 13.7. The molecule has 0 amide bonds. The monoisotopic (exact) mass is 328 g/mol. The van der Waals surface area contributed by atoms with Crippen LogP contribution >= 0.6 is 15.9 Å². The summed E-state index contributed by atoms with van der Waals surface area (Å²) in [6.07, 6.45) is 4.63. The first-order valence-corrected chi connectivity index (χ1v) is 7.54. The van der Waals surface area contributed by atoms with Gasteiger partial charge >= 0.3 is 0 Å². The maximum atomic E-state index is 5.41. The fraction of sp³-hybridized carbons (Fsp3) is 0.692. The molecule has 0 saturated carbocycles. The van der Waals surface area contributed by atoms with E-state index in [1.807, 2.05) is 0 Å². The Morgan fingerprint density at radius 2 is 2.00 bits per heavy atom. The third-order valence-electron chi connectivity index (χ3n) is 3.35. The minimum absolute atomic E-state index is 0.0388. The van der Waals surface area contributed by atoms with Crippen molar-refractivity contribution < 1.29 is 4.74 Å². The van der Waals surface area contributed by atoms with E-state index in [0.717, 1.165) is 55.1 Å². The van der Waals surface area contributed by atoms with E-state index in [1.165, 1.54) is 0 Å². The topological polar surface area (TPSA) is 59.1 Å². The van der Waals surface area contributed by atoms with E-state index in [0.29, 0.717) is 0 Å². The predicted octanol–water partition coefficient (Wildman–Crippen LogP) is 3.04. The molecular formula is C13H21BrN4O. The standard InChI is InChI=1S/C13H21BrN4O/c1-3-6-15-11-10(14)12(17-9-16-11)18-13(2)4-7-19-8-5-13/h9H,3-8H2,1-2H3,(H2,15,16,17,18). The minimum Gasteiger partial charge on any atom is -0.381 e. The molecule has 1 aliphatic rings. The van der Waals surface area contributed by atoms with Gasteiger partial charge in [-0.1, -0.05) is 6.92 Å². The Kier molecular flexibility index (Phi) is 4.99. The van der Waals surface area contributed by atoms with Crippen LogP contribution in [-0.4, -0.2) is 35.3 Å². The van der Waals surface area contributed by atoms with Crippen molar-refractivity contribution in [2.45, 2.75) is 38.6 Å². The average Bonchev–Trinajstić information content (AvgIpc) is 2.40. The molecule has 0 aliphatic carbocycles. The highest BCUT2D eigenvalue weighted by atomic mass is 79.9. The van der Waals surface area contributed by atoms with Crippen LogP contribution in [-0.2, 0) is 4.74 Å². The number of halogens is 1. The Balaban J connectivity index is 2.11. The van der Waals surface area contributed by atoms with Crippen LogP contribution in [0.25, 0.3) is 0 Å². The molecule has 2 heterocycles. The summed E-state index contributed by atoms with van der Waals surface area (Å²) in [5.41, 5.74) is 0.0388. The van der Waals surface area contributed by atoms with Gasteiger partial charge in [0.15, 0.2) is 0 Å². The lowest BCUT2D eigenvalue weighted by molar-refractivity contribution is 0.0657. The molecule has 0 atom stereocenters. The highest BCUT2D eigenvalue weighted by Gasteiger charge is 2.28. The van der Waals surface area contributed by atoms with Crippen molar-refractivity contribution in [3.63, 3.8) is 0 Å². The van der Waals surface area contributed by atoms with Crippen LogP contribution in [0.5, 0.6) is 0 Å². The lowest BCUT2D eigenvalue weighted by Crippen LogP contribution is -2.41. The van der Waals surface area contributed by atoms with Crippen molar-refractivity contribution in [1.82, 2.24) is 9.97 Å². The van der Waals surface area contributed by atoms with Gasteiger partial charge < -0.3 is 15.4 Å². The van der Waals surface area contributed by atoms with Gasteiger partial charge in [-0.25, -0.2) is 9.97 Å².